The van der Waals surface area contributed by atoms with E-state index in [4.69, 9.17) is 26.1 Å². The van der Waals surface area contributed by atoms with E-state index in [1.54, 1.807) is 0 Å². The number of para-hydroxylation sites is 2. The fourth-order valence-electron chi connectivity index (χ4n) is 4.07. The van der Waals surface area contributed by atoms with Gasteiger partial charge in [-0.05, 0) is 60.7 Å². The normalized spacial score (nSPS) is 11.2. The number of imidazole rings is 1. The first-order valence-corrected chi connectivity index (χ1v) is 11.5. The van der Waals surface area contributed by atoms with Crippen molar-refractivity contribution < 1.29 is 9.47 Å². The first-order valence-electron chi connectivity index (χ1n) is 11.1. The van der Waals surface area contributed by atoms with E-state index in [0.717, 1.165) is 62.7 Å². The monoisotopic (exact) mass is 456 g/mol. The van der Waals surface area contributed by atoms with Crippen LogP contribution >= 0.6 is 11.6 Å². The summed E-state index contributed by atoms with van der Waals surface area (Å²) in [6, 6.07) is 28.3. The van der Waals surface area contributed by atoms with Crippen LogP contribution in [-0.2, 0) is 13.2 Å². The fraction of sp³-hybridized carbons (Fsp3) is 0.179. The maximum atomic E-state index is 6.25. The van der Waals surface area contributed by atoms with Crippen molar-refractivity contribution in [2.24, 2.45) is 0 Å². The van der Waals surface area contributed by atoms with Crippen LogP contribution < -0.4 is 9.47 Å². The van der Waals surface area contributed by atoms with Gasteiger partial charge in [-0.15, -0.1) is 0 Å². The second-order valence-electron chi connectivity index (χ2n) is 8.05. The molecule has 0 aliphatic rings. The molecule has 0 N–H and O–H groups in total. The van der Waals surface area contributed by atoms with Crippen molar-refractivity contribution in [1.29, 1.82) is 0 Å². The number of fused-ring (bicyclic) bond motifs is 2. The molecule has 0 unspecified atom stereocenters. The van der Waals surface area contributed by atoms with E-state index >= 15 is 0 Å². The largest absolute Gasteiger partial charge is 0.494 e. The highest BCUT2D eigenvalue weighted by Gasteiger charge is 2.12. The minimum atomic E-state index is 0.403. The fourth-order valence-corrected chi connectivity index (χ4v) is 4.19. The molecule has 0 bridgehead atoms. The van der Waals surface area contributed by atoms with Gasteiger partial charge in [-0.1, -0.05) is 60.1 Å². The Balaban J connectivity index is 1.31. The van der Waals surface area contributed by atoms with Crippen LogP contribution in [0.4, 0.5) is 0 Å². The number of hydrogen-bond donors (Lipinski definition) is 0. The lowest BCUT2D eigenvalue weighted by Gasteiger charge is -2.13. The number of halogens is 1. The maximum absolute atomic E-state index is 6.25. The molecular weight excluding hydrogens is 432 g/mol. The summed E-state index contributed by atoms with van der Waals surface area (Å²) in [5, 5.41) is 3.02. The molecule has 5 rings (SSSR count). The lowest BCUT2D eigenvalue weighted by atomic mass is 10.1. The van der Waals surface area contributed by atoms with Crippen LogP contribution in [0.25, 0.3) is 21.8 Å². The van der Waals surface area contributed by atoms with Crippen LogP contribution in [0.5, 0.6) is 11.5 Å². The summed E-state index contributed by atoms with van der Waals surface area (Å²) in [5.41, 5.74) is 3.10. The van der Waals surface area contributed by atoms with Crippen molar-refractivity contribution in [3.8, 4) is 11.5 Å². The number of rotatable bonds is 8. The molecule has 0 spiro atoms. The van der Waals surface area contributed by atoms with Gasteiger partial charge in [-0.3, -0.25) is 0 Å². The first-order chi connectivity index (χ1) is 16.2. The van der Waals surface area contributed by atoms with E-state index in [-0.39, 0.29) is 0 Å². The van der Waals surface area contributed by atoms with Gasteiger partial charge in [0.15, 0.2) is 0 Å². The van der Waals surface area contributed by atoms with Crippen LogP contribution in [0.2, 0.25) is 5.02 Å². The first kappa shape index (κ1) is 21.4. The van der Waals surface area contributed by atoms with Crippen molar-refractivity contribution in [3.63, 3.8) is 0 Å². The lowest BCUT2D eigenvalue weighted by molar-refractivity contribution is 0.282. The van der Waals surface area contributed by atoms with E-state index in [2.05, 4.69) is 28.8 Å². The topological polar surface area (TPSA) is 36.3 Å². The average molecular weight is 457 g/mol. The minimum Gasteiger partial charge on any atom is -0.494 e. The smallest absolute Gasteiger partial charge is 0.148 e. The average Bonchev–Trinajstić information content (AvgIpc) is 3.20. The van der Waals surface area contributed by atoms with Gasteiger partial charge in [0.2, 0.25) is 0 Å². The second kappa shape index (κ2) is 9.55. The van der Waals surface area contributed by atoms with Gasteiger partial charge in [-0.25, -0.2) is 4.98 Å². The Bertz CT molecular complexity index is 1400. The molecule has 5 aromatic rings. The quantitative estimate of drug-likeness (QED) is 0.232. The number of nitrogens with zero attached hydrogens (tertiary/aromatic N) is 2. The van der Waals surface area contributed by atoms with E-state index in [9.17, 15) is 0 Å². The van der Waals surface area contributed by atoms with Crippen molar-refractivity contribution in [1.82, 2.24) is 9.55 Å². The van der Waals surface area contributed by atoms with Gasteiger partial charge >= 0.3 is 0 Å². The van der Waals surface area contributed by atoms with Gasteiger partial charge in [0, 0.05) is 17.0 Å². The van der Waals surface area contributed by atoms with Crippen LogP contribution in [0.1, 0.15) is 17.8 Å². The highest BCUT2D eigenvalue weighted by atomic mass is 35.5. The Labute approximate surface area is 198 Å². The zero-order valence-corrected chi connectivity index (χ0v) is 19.3. The Morgan fingerprint density at radius 1 is 0.879 bits per heavy atom. The minimum absolute atomic E-state index is 0.403. The van der Waals surface area contributed by atoms with Crippen molar-refractivity contribution in [3.05, 3.63) is 101 Å². The molecule has 0 aliphatic carbocycles. The van der Waals surface area contributed by atoms with Crippen molar-refractivity contribution in [2.45, 2.75) is 26.5 Å². The van der Waals surface area contributed by atoms with Crippen LogP contribution in [0.15, 0.2) is 84.9 Å². The Morgan fingerprint density at radius 2 is 1.70 bits per heavy atom. The summed E-state index contributed by atoms with van der Waals surface area (Å²) < 4.78 is 14.4. The number of ether oxygens (including phenoxy) is 2. The summed E-state index contributed by atoms with van der Waals surface area (Å²) >= 11 is 6.11. The molecular formula is C28H25ClN2O2. The third kappa shape index (κ3) is 4.67. The molecule has 33 heavy (non-hydrogen) atoms. The molecule has 0 atom stereocenters. The molecule has 1 heterocycles. The number of aryl methyl sites for hydroxylation is 2. The van der Waals surface area contributed by atoms with Crippen molar-refractivity contribution >= 4 is 33.4 Å². The maximum Gasteiger partial charge on any atom is 0.148 e. The summed E-state index contributed by atoms with van der Waals surface area (Å²) in [5.74, 6) is 2.62. The van der Waals surface area contributed by atoms with Gasteiger partial charge in [0.25, 0.3) is 0 Å². The van der Waals surface area contributed by atoms with Gasteiger partial charge in [-0.2, -0.15) is 0 Å². The SMILES string of the molecule is Cc1cc(OCCCn2c(COc3cccc4ccccc34)nc3ccccc32)ccc1Cl. The molecule has 0 radical (unpaired) electrons. The molecule has 0 aliphatic heterocycles. The van der Waals surface area contributed by atoms with Gasteiger partial charge in [0.05, 0.1) is 17.6 Å². The highest BCUT2D eigenvalue weighted by Crippen LogP contribution is 2.27. The number of hydrogen-bond acceptors (Lipinski definition) is 3. The Hall–Kier alpha value is -3.50. The van der Waals surface area contributed by atoms with Crippen LogP contribution in [0, 0.1) is 6.92 Å². The van der Waals surface area contributed by atoms with E-state index in [1.165, 1.54) is 0 Å². The predicted molar refractivity (Wildman–Crippen MR) is 134 cm³/mol. The van der Waals surface area contributed by atoms with Crippen LogP contribution in [-0.4, -0.2) is 16.2 Å². The number of benzene rings is 4. The molecule has 4 nitrogen and oxygen atoms in total. The molecule has 4 aromatic carbocycles. The lowest BCUT2D eigenvalue weighted by Crippen LogP contribution is -2.10. The molecule has 5 heteroatoms. The van der Waals surface area contributed by atoms with E-state index < -0.39 is 0 Å². The van der Waals surface area contributed by atoms with Crippen molar-refractivity contribution in [2.75, 3.05) is 6.61 Å². The third-order valence-corrected chi connectivity index (χ3v) is 6.19. The zero-order valence-electron chi connectivity index (χ0n) is 18.5. The Morgan fingerprint density at radius 3 is 2.61 bits per heavy atom. The molecule has 1 aromatic heterocycles. The third-order valence-electron chi connectivity index (χ3n) is 5.76. The van der Waals surface area contributed by atoms with Gasteiger partial charge < -0.3 is 14.0 Å². The molecule has 0 saturated carbocycles. The predicted octanol–water partition coefficient (Wildman–Crippen LogP) is 7.20. The van der Waals surface area contributed by atoms with Gasteiger partial charge in [0.1, 0.15) is 23.9 Å². The van der Waals surface area contributed by atoms with E-state index in [0.29, 0.717) is 13.2 Å². The Kier molecular flexibility index (Phi) is 6.18. The molecule has 0 amide bonds. The summed E-state index contributed by atoms with van der Waals surface area (Å²) in [6.07, 6.45) is 0.850. The molecule has 0 saturated heterocycles. The highest BCUT2D eigenvalue weighted by molar-refractivity contribution is 6.31. The summed E-state index contributed by atoms with van der Waals surface area (Å²) in [7, 11) is 0. The molecule has 0 fully saturated rings. The summed E-state index contributed by atoms with van der Waals surface area (Å²) in [6.45, 7) is 3.79. The van der Waals surface area contributed by atoms with Crippen LogP contribution in [0.3, 0.4) is 0 Å². The standard InChI is InChI=1S/C28H25ClN2O2/c1-20-18-22(14-15-24(20)29)32-17-7-16-31-26-12-5-4-11-25(26)30-28(31)19-33-27-13-6-9-21-8-2-3-10-23(21)27/h2-6,8-15,18H,7,16-17,19H2,1H3. The van der Waals surface area contributed by atoms with E-state index in [1.807, 2.05) is 67.6 Å². The zero-order chi connectivity index (χ0) is 22.6. The number of aromatic nitrogens is 2. The summed E-state index contributed by atoms with van der Waals surface area (Å²) in [4.78, 5) is 4.85. The molecule has 166 valence electrons. The second-order valence-corrected chi connectivity index (χ2v) is 8.45.